The third-order valence-electron chi connectivity index (χ3n) is 6.68. The van der Waals surface area contributed by atoms with Gasteiger partial charge in [0, 0.05) is 5.56 Å². The molecule has 14 nitrogen and oxygen atoms in total. The number of hydrogen-bond acceptors (Lipinski definition) is 10. The summed E-state index contributed by atoms with van der Waals surface area (Å²) in [6.45, 7) is 4.37. The Balaban J connectivity index is 1.42. The van der Waals surface area contributed by atoms with Crippen molar-refractivity contribution in [2.75, 3.05) is 19.9 Å². The Morgan fingerprint density at radius 3 is 2.46 bits per heavy atom. The summed E-state index contributed by atoms with van der Waals surface area (Å²) in [5.74, 6) is -1.78. The van der Waals surface area contributed by atoms with Gasteiger partial charge in [0.25, 0.3) is 16.8 Å². The first-order chi connectivity index (χ1) is 21.6. The molecule has 1 saturated heterocycles. The number of halogens is 3. The number of nitrogens with zero attached hydrogens (tertiary/aromatic N) is 5. The Morgan fingerprint density at radius 1 is 1.15 bits per heavy atom. The van der Waals surface area contributed by atoms with Gasteiger partial charge in [0.15, 0.2) is 5.69 Å². The van der Waals surface area contributed by atoms with Gasteiger partial charge >= 0.3 is 12.3 Å². The molecule has 1 aliphatic rings. The molecule has 2 aromatic carbocycles. The Bertz CT molecular complexity index is 1680. The Labute approximate surface area is 261 Å². The largest absolute Gasteiger partial charge is 0.569 e. The van der Waals surface area contributed by atoms with Crippen molar-refractivity contribution >= 4 is 22.1 Å². The minimum atomic E-state index is -4.71. The highest BCUT2D eigenvalue weighted by molar-refractivity contribution is 7.90. The fourth-order valence-corrected chi connectivity index (χ4v) is 5.48. The Hall–Kier alpha value is -4.87. The number of alkyl halides is 3. The van der Waals surface area contributed by atoms with Gasteiger partial charge in [-0.05, 0) is 63.9 Å². The van der Waals surface area contributed by atoms with Gasteiger partial charge in [-0.1, -0.05) is 29.8 Å². The molecule has 1 amide bonds. The van der Waals surface area contributed by atoms with E-state index >= 15 is 0 Å². The zero-order chi connectivity index (χ0) is 33.6. The predicted octanol–water partition coefficient (Wildman–Crippen LogP) is 4.71. The lowest BCUT2D eigenvalue weighted by atomic mass is 9.99. The second-order valence-corrected chi connectivity index (χ2v) is 12.2. The number of benzene rings is 2. The number of rotatable bonds is 10. The molecule has 2 heterocycles. The number of aryl methyl sites for hydroxylation is 1. The van der Waals surface area contributed by atoms with E-state index in [1.807, 2.05) is 11.6 Å². The molecule has 1 atom stereocenters. The van der Waals surface area contributed by atoms with Crippen molar-refractivity contribution in [1.82, 2.24) is 19.5 Å². The number of hydrogen-bond donors (Lipinski definition) is 1. The van der Waals surface area contributed by atoms with Crippen LogP contribution in [-0.4, -0.2) is 66.2 Å². The summed E-state index contributed by atoms with van der Waals surface area (Å²) < 4.78 is 79.0. The molecule has 0 saturated carbocycles. The summed E-state index contributed by atoms with van der Waals surface area (Å²) in [6, 6.07) is 12.5. The maximum absolute atomic E-state index is 13.5. The standard InChI is InChI=1S/C28H31F3N6O8S/c1-18(2)45-27(39)43-17-44-34-37(40)35-14-4-5-21(16-35)26(38)33-46(41,42)23-12-10-22(11-13-23)36-24(15-25(32-36)28(29,30)31)20-8-6-19(3)7-9-20/h6-13,15,18,21H,4-5,14,16-17H2,1-3H3,(H,33,38). The van der Waals surface area contributed by atoms with Crippen LogP contribution in [-0.2, 0) is 35.3 Å². The highest BCUT2D eigenvalue weighted by Crippen LogP contribution is 2.33. The van der Waals surface area contributed by atoms with Crippen LogP contribution in [0, 0.1) is 18.0 Å². The van der Waals surface area contributed by atoms with Gasteiger partial charge in [0.1, 0.15) is 0 Å². The van der Waals surface area contributed by atoms with Gasteiger partial charge in [-0.15, -0.1) is 5.01 Å². The van der Waals surface area contributed by atoms with Crippen LogP contribution in [0.2, 0.25) is 0 Å². The lowest BCUT2D eigenvalue weighted by Gasteiger charge is -2.27. The number of sulfonamides is 1. The highest BCUT2D eigenvalue weighted by atomic mass is 32.2. The third kappa shape index (κ3) is 8.64. The van der Waals surface area contributed by atoms with Gasteiger partial charge in [-0.3, -0.25) is 4.79 Å². The van der Waals surface area contributed by atoms with Crippen molar-refractivity contribution in [2.24, 2.45) is 11.2 Å². The number of ether oxygens (including phenoxy) is 2. The first-order valence-electron chi connectivity index (χ1n) is 13.9. The van der Waals surface area contributed by atoms with Crippen LogP contribution >= 0.6 is 0 Å². The van der Waals surface area contributed by atoms with Gasteiger partial charge in [-0.2, -0.15) is 18.3 Å². The molecule has 0 radical (unpaired) electrons. The first kappa shape index (κ1) is 34.0. The normalized spacial score (nSPS) is 15.8. The fraction of sp³-hybridized carbons (Fsp3) is 0.393. The lowest BCUT2D eigenvalue weighted by molar-refractivity contribution is -0.714. The summed E-state index contributed by atoms with van der Waals surface area (Å²) in [6.07, 6.45) is -5.52. The van der Waals surface area contributed by atoms with E-state index in [1.54, 1.807) is 38.1 Å². The van der Waals surface area contributed by atoms with E-state index in [-0.39, 0.29) is 40.8 Å². The van der Waals surface area contributed by atoms with E-state index in [0.29, 0.717) is 12.0 Å². The van der Waals surface area contributed by atoms with E-state index in [4.69, 9.17) is 4.74 Å². The molecule has 1 fully saturated rings. The molecule has 248 valence electrons. The number of aromatic nitrogens is 2. The van der Waals surface area contributed by atoms with Crippen molar-refractivity contribution in [3.63, 3.8) is 0 Å². The molecular formula is C28H31F3N6O8S. The smallest absolute Gasteiger partial charge is 0.511 e. The van der Waals surface area contributed by atoms with Crippen LogP contribution in [0.3, 0.4) is 0 Å². The van der Waals surface area contributed by atoms with Crippen molar-refractivity contribution in [1.29, 1.82) is 0 Å². The van der Waals surface area contributed by atoms with Gasteiger partial charge in [0.05, 0.1) is 46.4 Å². The van der Waals surface area contributed by atoms with Gasteiger partial charge in [-0.25, -0.2) is 22.6 Å². The minimum Gasteiger partial charge on any atom is -0.569 e. The SMILES string of the molecule is Cc1ccc(-c2cc(C(F)(F)F)nn2-c2ccc(S(=O)(=O)NC(=O)C3CCCN([N+]([O-])=NOCOC(=O)OC(C)C)C3)cc2)cc1. The van der Waals surface area contributed by atoms with Crippen LogP contribution < -0.4 is 4.72 Å². The topological polar surface area (TPSA) is 167 Å². The predicted molar refractivity (Wildman–Crippen MR) is 153 cm³/mol. The molecule has 4 rings (SSSR count). The molecule has 1 N–H and O–H groups in total. The zero-order valence-corrected chi connectivity index (χ0v) is 25.7. The van der Waals surface area contributed by atoms with E-state index in [2.05, 4.69) is 20.0 Å². The molecule has 1 aliphatic heterocycles. The fourth-order valence-electron chi connectivity index (χ4n) is 4.44. The number of nitrogens with one attached hydrogen (secondary N) is 1. The van der Waals surface area contributed by atoms with Crippen molar-refractivity contribution in [2.45, 2.75) is 50.8 Å². The number of hydrazine groups is 1. The van der Waals surface area contributed by atoms with Crippen molar-refractivity contribution in [3.8, 4) is 16.9 Å². The lowest BCUT2D eigenvalue weighted by Crippen LogP contribution is -2.46. The molecule has 0 bridgehead atoms. The average molecular weight is 669 g/mol. The number of amides is 1. The van der Waals surface area contributed by atoms with Gasteiger partial charge in [0.2, 0.25) is 11.2 Å². The number of carbonyl (C=O) groups is 2. The molecule has 46 heavy (non-hydrogen) atoms. The number of carbonyl (C=O) groups excluding carboxylic acids is 2. The summed E-state index contributed by atoms with van der Waals surface area (Å²) in [7, 11) is -4.39. The quantitative estimate of drug-likeness (QED) is 0.0798. The van der Waals surface area contributed by atoms with E-state index in [0.717, 1.165) is 33.5 Å². The second-order valence-electron chi connectivity index (χ2n) is 10.5. The molecule has 18 heteroatoms. The maximum Gasteiger partial charge on any atom is 0.511 e. The van der Waals surface area contributed by atoms with Crippen LogP contribution in [0.15, 0.2) is 64.8 Å². The Morgan fingerprint density at radius 2 is 1.83 bits per heavy atom. The second kappa shape index (κ2) is 14.1. The molecule has 0 spiro atoms. The molecule has 0 aliphatic carbocycles. The summed E-state index contributed by atoms with van der Waals surface area (Å²) in [5.41, 5.74) is 0.552. The van der Waals surface area contributed by atoms with Crippen LogP contribution in [0.25, 0.3) is 16.9 Å². The van der Waals surface area contributed by atoms with E-state index < -0.39 is 52.8 Å². The number of piperidine rings is 1. The summed E-state index contributed by atoms with van der Waals surface area (Å²) in [5, 5.41) is 20.3. The average Bonchev–Trinajstić information content (AvgIpc) is 3.46. The maximum atomic E-state index is 13.5. The molecule has 1 aromatic heterocycles. The monoisotopic (exact) mass is 668 g/mol. The van der Waals surface area contributed by atoms with E-state index in [1.165, 1.54) is 12.1 Å². The van der Waals surface area contributed by atoms with Gasteiger partial charge < -0.3 is 19.5 Å². The summed E-state index contributed by atoms with van der Waals surface area (Å²) in [4.78, 5) is 28.6. The third-order valence-corrected chi connectivity index (χ3v) is 8.04. The van der Waals surface area contributed by atoms with E-state index in [9.17, 15) is 36.4 Å². The molecular weight excluding hydrogens is 637 g/mol. The van der Waals surface area contributed by atoms with Crippen LogP contribution in [0.4, 0.5) is 18.0 Å². The van der Waals surface area contributed by atoms with Crippen LogP contribution in [0.5, 0.6) is 0 Å². The summed E-state index contributed by atoms with van der Waals surface area (Å²) >= 11 is 0. The zero-order valence-electron chi connectivity index (χ0n) is 24.9. The van der Waals surface area contributed by atoms with Crippen molar-refractivity contribution < 1.29 is 50.5 Å². The van der Waals surface area contributed by atoms with Crippen molar-refractivity contribution in [3.05, 3.63) is 71.1 Å². The minimum absolute atomic E-state index is 0.0636. The Kier molecular flexibility index (Phi) is 10.4. The highest BCUT2D eigenvalue weighted by Gasteiger charge is 2.36. The van der Waals surface area contributed by atoms with Crippen LogP contribution in [0.1, 0.15) is 37.9 Å². The molecule has 1 unspecified atom stereocenters. The first-order valence-corrected chi connectivity index (χ1v) is 15.4. The molecule has 3 aromatic rings.